The molecule has 0 spiro atoms. The molecule has 0 fully saturated rings. The summed E-state index contributed by atoms with van der Waals surface area (Å²) in [6.45, 7) is 0.362. The van der Waals surface area contributed by atoms with Crippen LogP contribution in [-0.2, 0) is 11.3 Å². The van der Waals surface area contributed by atoms with E-state index >= 15 is 0 Å². The Bertz CT molecular complexity index is 1140. The predicted molar refractivity (Wildman–Crippen MR) is 114 cm³/mol. The van der Waals surface area contributed by atoms with Gasteiger partial charge in [-0.3, -0.25) is 4.79 Å². The van der Waals surface area contributed by atoms with Crippen LogP contribution in [0.1, 0.15) is 31.8 Å². The monoisotopic (exact) mass is 416 g/mol. The minimum Gasteiger partial charge on any atom is -0.497 e. The Labute approximate surface area is 179 Å². The van der Waals surface area contributed by atoms with E-state index in [9.17, 15) is 9.59 Å². The lowest BCUT2D eigenvalue weighted by atomic mass is 10.1. The first kappa shape index (κ1) is 20.2. The fourth-order valence-electron chi connectivity index (χ4n) is 3.13. The van der Waals surface area contributed by atoms with Crippen LogP contribution in [0.2, 0.25) is 0 Å². The van der Waals surface area contributed by atoms with E-state index in [4.69, 9.17) is 14.2 Å². The quantitative estimate of drug-likeness (QED) is 0.429. The second-order valence-electron chi connectivity index (χ2n) is 6.85. The highest BCUT2D eigenvalue weighted by Gasteiger charge is 2.27. The molecule has 3 aromatic rings. The lowest BCUT2D eigenvalue weighted by molar-refractivity contribution is 0.0600. The molecular formula is C25H20O6. The molecule has 0 aliphatic carbocycles. The molecule has 0 atom stereocenters. The predicted octanol–water partition coefficient (Wildman–Crippen LogP) is 4.68. The van der Waals surface area contributed by atoms with Crippen LogP contribution in [0.3, 0.4) is 0 Å². The van der Waals surface area contributed by atoms with Crippen molar-refractivity contribution in [1.82, 2.24) is 0 Å². The highest BCUT2D eigenvalue weighted by Crippen LogP contribution is 2.34. The number of benzene rings is 3. The van der Waals surface area contributed by atoms with Crippen molar-refractivity contribution in [2.24, 2.45) is 0 Å². The van der Waals surface area contributed by atoms with E-state index in [0.29, 0.717) is 35.0 Å². The third kappa shape index (κ3) is 4.43. The maximum atomic E-state index is 12.5. The van der Waals surface area contributed by atoms with Crippen LogP contribution in [0.15, 0.2) is 72.5 Å². The molecule has 3 aromatic carbocycles. The van der Waals surface area contributed by atoms with Gasteiger partial charge in [0.15, 0.2) is 5.76 Å². The molecule has 31 heavy (non-hydrogen) atoms. The molecule has 6 nitrogen and oxygen atoms in total. The molecule has 0 saturated heterocycles. The van der Waals surface area contributed by atoms with Gasteiger partial charge in [-0.05, 0) is 53.6 Å². The number of Topliss-reactive ketones (excluding diaryl/α,β-unsaturated/α-hetero) is 1. The summed E-state index contributed by atoms with van der Waals surface area (Å²) in [5.41, 5.74) is 2.76. The molecule has 6 heteroatoms. The number of ketones is 1. The molecule has 1 aliphatic rings. The Morgan fingerprint density at radius 3 is 2.32 bits per heavy atom. The van der Waals surface area contributed by atoms with Gasteiger partial charge in [0, 0.05) is 6.07 Å². The van der Waals surface area contributed by atoms with E-state index in [0.717, 1.165) is 11.1 Å². The van der Waals surface area contributed by atoms with E-state index < -0.39 is 0 Å². The highest BCUT2D eigenvalue weighted by molar-refractivity contribution is 6.14. The van der Waals surface area contributed by atoms with Crippen LogP contribution < -0.4 is 14.2 Å². The van der Waals surface area contributed by atoms with Gasteiger partial charge in [-0.15, -0.1) is 0 Å². The number of hydrogen-bond acceptors (Lipinski definition) is 6. The van der Waals surface area contributed by atoms with E-state index in [1.807, 2.05) is 36.4 Å². The number of allylic oxidation sites excluding steroid dienone is 1. The van der Waals surface area contributed by atoms with Crippen molar-refractivity contribution < 1.29 is 28.5 Å². The van der Waals surface area contributed by atoms with Gasteiger partial charge in [0.05, 0.1) is 25.3 Å². The molecule has 0 amide bonds. The first-order chi connectivity index (χ1) is 15.1. The lowest BCUT2D eigenvalue weighted by Gasteiger charge is -2.07. The van der Waals surface area contributed by atoms with E-state index in [2.05, 4.69) is 4.74 Å². The SMILES string of the molecule is COC(=O)c1ccc(COc2ccc(/C=C3\Oc4cc(OC)ccc4C3=O)cc2)cc1. The molecule has 0 radical (unpaired) electrons. The summed E-state index contributed by atoms with van der Waals surface area (Å²) in [4.78, 5) is 24.0. The second-order valence-corrected chi connectivity index (χ2v) is 6.85. The average Bonchev–Trinajstić information content (AvgIpc) is 3.12. The van der Waals surface area contributed by atoms with Gasteiger partial charge >= 0.3 is 5.97 Å². The van der Waals surface area contributed by atoms with Crippen molar-refractivity contribution in [2.45, 2.75) is 6.61 Å². The van der Waals surface area contributed by atoms with Crippen LogP contribution in [0, 0.1) is 0 Å². The number of fused-ring (bicyclic) bond motifs is 1. The van der Waals surface area contributed by atoms with Crippen LogP contribution in [-0.4, -0.2) is 26.0 Å². The zero-order valence-corrected chi connectivity index (χ0v) is 17.1. The lowest BCUT2D eigenvalue weighted by Crippen LogP contribution is -2.02. The first-order valence-electron chi connectivity index (χ1n) is 9.60. The third-order valence-electron chi connectivity index (χ3n) is 4.84. The number of rotatable bonds is 6. The van der Waals surface area contributed by atoms with Crippen LogP contribution in [0.25, 0.3) is 6.08 Å². The molecule has 0 unspecified atom stereocenters. The molecule has 156 valence electrons. The summed E-state index contributed by atoms with van der Waals surface area (Å²) in [5, 5.41) is 0. The molecule has 1 aliphatic heterocycles. The van der Waals surface area contributed by atoms with Gasteiger partial charge in [0.1, 0.15) is 23.9 Å². The summed E-state index contributed by atoms with van der Waals surface area (Å²) >= 11 is 0. The largest absolute Gasteiger partial charge is 0.497 e. The number of carbonyl (C=O) groups excluding carboxylic acids is 2. The highest BCUT2D eigenvalue weighted by atomic mass is 16.5. The van der Waals surface area contributed by atoms with Gasteiger partial charge in [-0.1, -0.05) is 24.3 Å². The van der Waals surface area contributed by atoms with Gasteiger partial charge in [0.2, 0.25) is 5.78 Å². The van der Waals surface area contributed by atoms with Gasteiger partial charge < -0.3 is 18.9 Å². The Morgan fingerprint density at radius 1 is 0.935 bits per heavy atom. The number of hydrogen-bond donors (Lipinski definition) is 0. The molecule has 1 heterocycles. The number of esters is 1. The summed E-state index contributed by atoms with van der Waals surface area (Å²) in [7, 11) is 2.92. The van der Waals surface area contributed by atoms with E-state index in [-0.39, 0.29) is 17.5 Å². The second kappa shape index (κ2) is 8.75. The van der Waals surface area contributed by atoms with Crippen molar-refractivity contribution in [1.29, 1.82) is 0 Å². The zero-order chi connectivity index (χ0) is 21.8. The van der Waals surface area contributed by atoms with Gasteiger partial charge in [-0.25, -0.2) is 4.79 Å². The van der Waals surface area contributed by atoms with Crippen LogP contribution >= 0.6 is 0 Å². The summed E-state index contributed by atoms with van der Waals surface area (Å²) in [5.74, 6) is 1.55. The fourth-order valence-corrected chi connectivity index (χ4v) is 3.13. The minimum atomic E-state index is -0.371. The maximum absolute atomic E-state index is 12.5. The van der Waals surface area contributed by atoms with Crippen molar-refractivity contribution in [3.8, 4) is 17.2 Å². The zero-order valence-electron chi connectivity index (χ0n) is 17.1. The number of methoxy groups -OCH3 is 2. The standard InChI is InChI=1S/C25H20O6/c1-28-20-11-12-21-22(14-20)31-23(24(21)26)13-16-5-9-19(10-6-16)30-15-17-3-7-18(8-4-17)25(27)29-2/h3-14H,15H2,1-2H3/b23-13-. The van der Waals surface area contributed by atoms with E-state index in [1.165, 1.54) is 7.11 Å². The summed E-state index contributed by atoms with van der Waals surface area (Å²) in [6, 6.07) is 19.5. The van der Waals surface area contributed by atoms with Crippen molar-refractivity contribution in [2.75, 3.05) is 14.2 Å². The summed E-state index contributed by atoms with van der Waals surface area (Å²) in [6.07, 6.45) is 1.70. The molecule has 0 saturated carbocycles. The van der Waals surface area contributed by atoms with Crippen molar-refractivity contribution in [3.63, 3.8) is 0 Å². The van der Waals surface area contributed by atoms with Crippen LogP contribution in [0.5, 0.6) is 17.2 Å². The van der Waals surface area contributed by atoms with Crippen molar-refractivity contribution in [3.05, 3.63) is 94.7 Å². The van der Waals surface area contributed by atoms with E-state index in [1.54, 1.807) is 43.5 Å². The normalized spacial score (nSPS) is 13.5. The first-order valence-corrected chi connectivity index (χ1v) is 9.60. The topological polar surface area (TPSA) is 71.1 Å². The van der Waals surface area contributed by atoms with Crippen LogP contribution in [0.4, 0.5) is 0 Å². The minimum absolute atomic E-state index is 0.159. The smallest absolute Gasteiger partial charge is 0.337 e. The fraction of sp³-hybridized carbons (Fsp3) is 0.120. The Kier molecular flexibility index (Phi) is 5.71. The Hall–Kier alpha value is -4.06. The number of carbonyl (C=O) groups is 2. The molecule has 0 aromatic heterocycles. The maximum Gasteiger partial charge on any atom is 0.337 e. The molecule has 4 rings (SSSR count). The molecule has 0 bridgehead atoms. The Balaban J connectivity index is 1.39. The van der Waals surface area contributed by atoms with Gasteiger partial charge in [-0.2, -0.15) is 0 Å². The third-order valence-corrected chi connectivity index (χ3v) is 4.84. The Morgan fingerprint density at radius 2 is 1.65 bits per heavy atom. The average molecular weight is 416 g/mol. The van der Waals surface area contributed by atoms with Crippen molar-refractivity contribution >= 4 is 17.8 Å². The number of ether oxygens (including phenoxy) is 4. The van der Waals surface area contributed by atoms with Gasteiger partial charge in [0.25, 0.3) is 0 Å². The molecular weight excluding hydrogens is 396 g/mol. The summed E-state index contributed by atoms with van der Waals surface area (Å²) < 4.78 is 21.4. The molecule has 0 N–H and O–H groups in total.